The van der Waals surface area contributed by atoms with Crippen molar-refractivity contribution in [3.63, 3.8) is 0 Å². The maximum atomic E-state index is 6.79. The molecule has 2 heterocycles. The molecule has 2 rings (SSSR count). The van der Waals surface area contributed by atoms with E-state index in [0.717, 1.165) is 11.0 Å². The standard InChI is InChI=1S/C22H40O2S2Si/c1-17(2)10-8-11-20(24-27(6,7)22(3,4)5)19-13-12-18(23-19)16-21-25-14-9-15-26-21/h8,10-11,18-21H,9,12-16H2,1-7H3/b11-8+/t18-,19-,20-/m1/s1. The monoisotopic (exact) mass is 428 g/mol. The Morgan fingerprint density at radius 1 is 1.19 bits per heavy atom. The van der Waals surface area contributed by atoms with Crippen LogP contribution < -0.4 is 0 Å². The average molecular weight is 429 g/mol. The molecular weight excluding hydrogens is 388 g/mol. The molecule has 2 fully saturated rings. The van der Waals surface area contributed by atoms with Crippen molar-refractivity contribution in [1.29, 1.82) is 0 Å². The molecule has 0 aromatic heterocycles. The van der Waals surface area contributed by atoms with E-state index < -0.39 is 8.32 Å². The number of hydrogen-bond acceptors (Lipinski definition) is 4. The lowest BCUT2D eigenvalue weighted by Gasteiger charge is -2.40. The molecule has 0 unspecified atom stereocenters. The van der Waals surface area contributed by atoms with Crippen LogP contribution >= 0.6 is 23.5 Å². The minimum Gasteiger partial charge on any atom is -0.408 e. The molecule has 0 aromatic rings. The van der Waals surface area contributed by atoms with Gasteiger partial charge in [-0.25, -0.2) is 0 Å². The molecule has 0 N–H and O–H groups in total. The topological polar surface area (TPSA) is 18.5 Å². The second kappa shape index (κ2) is 10.4. The van der Waals surface area contributed by atoms with E-state index in [-0.39, 0.29) is 17.2 Å². The molecule has 27 heavy (non-hydrogen) atoms. The van der Waals surface area contributed by atoms with Crippen LogP contribution in [0.15, 0.2) is 23.8 Å². The fourth-order valence-corrected chi connectivity index (χ4v) is 7.41. The van der Waals surface area contributed by atoms with Gasteiger partial charge in [0.1, 0.15) is 0 Å². The SMILES string of the molecule is CC(C)=C/C=C/[C@@H](O[Si](C)(C)C(C)(C)C)[C@H]1CC[C@H](CC2SCCCS2)O1. The highest BCUT2D eigenvalue weighted by Crippen LogP contribution is 2.40. The van der Waals surface area contributed by atoms with Gasteiger partial charge in [0.05, 0.1) is 22.9 Å². The summed E-state index contributed by atoms with van der Waals surface area (Å²) < 4.78 is 14.1. The number of rotatable bonds is 7. The molecular formula is C22H40O2S2Si. The minimum atomic E-state index is -1.84. The van der Waals surface area contributed by atoms with E-state index in [4.69, 9.17) is 9.16 Å². The second-order valence-corrected chi connectivity index (χ2v) is 17.3. The summed E-state index contributed by atoms with van der Waals surface area (Å²) in [5, 5.41) is 0.211. The normalized spacial score (nSPS) is 26.5. The van der Waals surface area contributed by atoms with Crippen LogP contribution in [-0.4, -0.2) is 42.7 Å². The number of hydrogen-bond donors (Lipinski definition) is 0. The van der Waals surface area contributed by atoms with E-state index in [1.807, 2.05) is 0 Å². The van der Waals surface area contributed by atoms with E-state index in [2.05, 4.69) is 89.5 Å². The zero-order valence-electron chi connectivity index (χ0n) is 18.4. The summed E-state index contributed by atoms with van der Waals surface area (Å²) in [6, 6.07) is 0. The van der Waals surface area contributed by atoms with Gasteiger partial charge in [0, 0.05) is 0 Å². The van der Waals surface area contributed by atoms with Gasteiger partial charge >= 0.3 is 0 Å². The molecule has 0 bridgehead atoms. The molecule has 5 heteroatoms. The van der Waals surface area contributed by atoms with Crippen molar-refractivity contribution in [2.45, 2.75) is 101 Å². The Hall–Kier alpha value is 0.317. The molecule has 156 valence electrons. The first-order valence-electron chi connectivity index (χ1n) is 10.5. The Bertz CT molecular complexity index is 515. The molecule has 0 radical (unpaired) electrons. The van der Waals surface area contributed by atoms with Crippen molar-refractivity contribution in [3.8, 4) is 0 Å². The molecule has 0 aliphatic carbocycles. The summed E-state index contributed by atoms with van der Waals surface area (Å²) >= 11 is 4.25. The highest BCUT2D eigenvalue weighted by Gasteiger charge is 2.42. The summed E-state index contributed by atoms with van der Waals surface area (Å²) in [7, 11) is -1.84. The lowest BCUT2D eigenvalue weighted by atomic mass is 10.1. The van der Waals surface area contributed by atoms with Crippen LogP contribution in [0, 0.1) is 0 Å². The minimum absolute atomic E-state index is 0.0677. The van der Waals surface area contributed by atoms with E-state index in [0.29, 0.717) is 6.10 Å². The molecule has 2 aliphatic heterocycles. The van der Waals surface area contributed by atoms with Gasteiger partial charge in [-0.1, -0.05) is 44.6 Å². The van der Waals surface area contributed by atoms with Crippen LogP contribution in [0.5, 0.6) is 0 Å². The van der Waals surface area contributed by atoms with Gasteiger partial charge in [-0.2, -0.15) is 0 Å². The fourth-order valence-electron chi connectivity index (χ4n) is 3.15. The third kappa shape index (κ3) is 7.58. The predicted octanol–water partition coefficient (Wildman–Crippen LogP) is 7.03. The average Bonchev–Trinajstić information content (AvgIpc) is 3.02. The van der Waals surface area contributed by atoms with E-state index in [1.54, 1.807) is 0 Å². The van der Waals surface area contributed by atoms with Crippen LogP contribution in [0.4, 0.5) is 0 Å². The van der Waals surface area contributed by atoms with Crippen molar-refractivity contribution in [2.24, 2.45) is 0 Å². The summed E-state index contributed by atoms with van der Waals surface area (Å²) in [5.74, 6) is 2.63. The van der Waals surface area contributed by atoms with Crippen LogP contribution in [-0.2, 0) is 9.16 Å². The Morgan fingerprint density at radius 3 is 2.44 bits per heavy atom. The summed E-state index contributed by atoms with van der Waals surface area (Å²) in [4.78, 5) is 0. The predicted molar refractivity (Wildman–Crippen MR) is 126 cm³/mol. The maximum absolute atomic E-state index is 6.79. The van der Waals surface area contributed by atoms with Crippen LogP contribution in [0.2, 0.25) is 18.1 Å². The van der Waals surface area contributed by atoms with Crippen molar-refractivity contribution >= 4 is 31.8 Å². The molecule has 0 aromatic carbocycles. The van der Waals surface area contributed by atoms with E-state index >= 15 is 0 Å². The van der Waals surface area contributed by atoms with Gasteiger partial charge in [0.15, 0.2) is 8.32 Å². The number of ether oxygens (including phenoxy) is 1. The number of thioether (sulfide) groups is 2. The van der Waals surface area contributed by atoms with Crippen molar-refractivity contribution in [1.82, 2.24) is 0 Å². The molecule has 2 nitrogen and oxygen atoms in total. The Balaban J connectivity index is 2.02. The first-order valence-corrected chi connectivity index (χ1v) is 15.5. The first kappa shape index (κ1) is 23.6. The third-order valence-electron chi connectivity index (χ3n) is 5.83. The maximum Gasteiger partial charge on any atom is 0.193 e. The fraction of sp³-hybridized carbons (Fsp3) is 0.818. The van der Waals surface area contributed by atoms with Crippen molar-refractivity contribution in [3.05, 3.63) is 23.8 Å². The molecule has 0 amide bonds. The Labute approximate surface area is 177 Å². The van der Waals surface area contributed by atoms with Gasteiger partial charge in [-0.3, -0.25) is 0 Å². The molecule has 0 saturated carbocycles. The Morgan fingerprint density at radius 2 is 1.85 bits per heavy atom. The molecule has 2 saturated heterocycles. The van der Waals surface area contributed by atoms with E-state index in [1.165, 1.54) is 36.3 Å². The van der Waals surface area contributed by atoms with Gasteiger partial charge in [-0.05, 0) is 69.2 Å². The second-order valence-electron chi connectivity index (χ2n) is 9.61. The van der Waals surface area contributed by atoms with Gasteiger partial charge in [-0.15, -0.1) is 23.5 Å². The quantitative estimate of drug-likeness (QED) is 0.320. The summed E-state index contributed by atoms with van der Waals surface area (Å²) in [6.07, 6.45) is 12.1. The Kier molecular flexibility index (Phi) is 9.07. The highest BCUT2D eigenvalue weighted by molar-refractivity contribution is 8.17. The van der Waals surface area contributed by atoms with Gasteiger partial charge in [0.2, 0.25) is 0 Å². The van der Waals surface area contributed by atoms with Gasteiger partial charge in [0.25, 0.3) is 0 Å². The first-order chi connectivity index (χ1) is 12.6. The molecule has 3 atom stereocenters. The van der Waals surface area contributed by atoms with Crippen LogP contribution in [0.3, 0.4) is 0 Å². The van der Waals surface area contributed by atoms with Crippen molar-refractivity contribution < 1.29 is 9.16 Å². The lowest BCUT2D eigenvalue weighted by molar-refractivity contribution is -0.0120. The lowest BCUT2D eigenvalue weighted by Crippen LogP contribution is -2.46. The molecule has 0 spiro atoms. The zero-order valence-corrected chi connectivity index (χ0v) is 21.1. The smallest absolute Gasteiger partial charge is 0.193 e. The van der Waals surface area contributed by atoms with Crippen LogP contribution in [0.1, 0.15) is 60.3 Å². The summed E-state index contributed by atoms with van der Waals surface area (Å²) in [5.41, 5.74) is 1.31. The zero-order chi connectivity index (χ0) is 20.1. The largest absolute Gasteiger partial charge is 0.408 e. The number of allylic oxidation sites excluding steroid dienone is 3. The van der Waals surface area contributed by atoms with Crippen LogP contribution in [0.25, 0.3) is 0 Å². The molecule has 2 aliphatic rings. The highest BCUT2D eigenvalue weighted by atomic mass is 32.2. The van der Waals surface area contributed by atoms with Crippen molar-refractivity contribution in [2.75, 3.05) is 11.5 Å². The summed E-state index contributed by atoms with van der Waals surface area (Å²) in [6.45, 7) is 15.9. The third-order valence-corrected chi connectivity index (χ3v) is 13.3. The van der Waals surface area contributed by atoms with Gasteiger partial charge < -0.3 is 9.16 Å². The van der Waals surface area contributed by atoms with E-state index in [9.17, 15) is 0 Å².